The summed E-state index contributed by atoms with van der Waals surface area (Å²) in [5, 5.41) is 4.09. The molecule has 1 aliphatic rings. The van der Waals surface area contributed by atoms with Crippen LogP contribution in [-0.2, 0) is 28.1 Å². The molecule has 3 aromatic rings. The highest BCUT2D eigenvalue weighted by atomic mass is 32.2. The molecule has 0 aliphatic heterocycles. The van der Waals surface area contributed by atoms with Crippen LogP contribution >= 0.6 is 0 Å². The first-order valence-corrected chi connectivity index (χ1v) is 11.1. The summed E-state index contributed by atoms with van der Waals surface area (Å²) < 4.78 is 47.5. The molecule has 0 amide bonds. The Hall–Kier alpha value is -2.74. The minimum atomic E-state index is -3.37. The van der Waals surface area contributed by atoms with Crippen molar-refractivity contribution in [3.63, 3.8) is 0 Å². The van der Waals surface area contributed by atoms with Gasteiger partial charge in [0, 0.05) is 12.7 Å². The highest BCUT2D eigenvalue weighted by Gasteiger charge is 2.49. The maximum atomic E-state index is 13.1. The summed E-state index contributed by atoms with van der Waals surface area (Å²) in [5.74, 6) is 1.16. The first-order valence-electron chi connectivity index (χ1n) is 9.24. The summed E-state index contributed by atoms with van der Waals surface area (Å²) in [4.78, 5) is 4.72. The maximum Gasteiger partial charge on any atom is 0.233 e. The Labute approximate surface area is 168 Å². The second kappa shape index (κ2) is 7.26. The number of hydrogen-bond donors (Lipinski definition) is 0. The molecule has 8 heteroatoms. The van der Waals surface area contributed by atoms with Gasteiger partial charge in [-0.15, -0.1) is 0 Å². The van der Waals surface area contributed by atoms with Crippen LogP contribution in [0.4, 0.5) is 4.39 Å². The largest absolute Gasteiger partial charge is 0.495 e. The van der Waals surface area contributed by atoms with E-state index in [2.05, 4.69) is 10.1 Å². The highest BCUT2D eigenvalue weighted by molar-refractivity contribution is 7.90. The first-order chi connectivity index (χ1) is 13.8. The van der Waals surface area contributed by atoms with Crippen molar-refractivity contribution in [2.75, 3.05) is 13.4 Å². The van der Waals surface area contributed by atoms with E-state index in [0.717, 1.165) is 36.6 Å². The number of ether oxygens (including phenoxy) is 1. The van der Waals surface area contributed by atoms with E-state index >= 15 is 0 Å². The lowest BCUT2D eigenvalue weighted by atomic mass is 9.96. The Morgan fingerprint density at radius 1 is 1.14 bits per heavy atom. The number of aromatic nitrogens is 2. The number of hydrogen-bond acceptors (Lipinski definition) is 6. The molecule has 1 heterocycles. The Kier molecular flexibility index (Phi) is 4.90. The molecule has 0 spiro atoms. The summed E-state index contributed by atoms with van der Waals surface area (Å²) in [6.07, 6.45) is 4.17. The van der Waals surface area contributed by atoms with Crippen LogP contribution in [0.3, 0.4) is 0 Å². The molecule has 0 atom stereocenters. The molecule has 0 unspecified atom stereocenters. The third-order valence-electron chi connectivity index (χ3n) is 5.22. The van der Waals surface area contributed by atoms with Crippen molar-refractivity contribution in [3.8, 4) is 5.75 Å². The highest BCUT2D eigenvalue weighted by Crippen LogP contribution is 2.50. The number of sulfone groups is 1. The normalized spacial score (nSPS) is 15.3. The van der Waals surface area contributed by atoms with E-state index in [1.807, 2.05) is 0 Å². The molecule has 0 saturated heterocycles. The van der Waals surface area contributed by atoms with E-state index in [0.29, 0.717) is 23.9 Å². The van der Waals surface area contributed by atoms with Gasteiger partial charge in [-0.3, -0.25) is 0 Å². The van der Waals surface area contributed by atoms with E-state index < -0.39 is 9.84 Å². The predicted octanol–water partition coefficient (Wildman–Crippen LogP) is 3.49. The van der Waals surface area contributed by atoms with Gasteiger partial charge in [0.05, 0.1) is 12.5 Å². The van der Waals surface area contributed by atoms with Gasteiger partial charge < -0.3 is 9.26 Å². The van der Waals surface area contributed by atoms with Gasteiger partial charge in [0.25, 0.3) is 0 Å². The number of nitrogens with zero attached hydrogens (tertiary/aromatic N) is 2. The number of rotatable bonds is 7. The minimum absolute atomic E-state index is 0.147. The van der Waals surface area contributed by atoms with Gasteiger partial charge in [-0.25, -0.2) is 12.8 Å². The second-order valence-electron chi connectivity index (χ2n) is 7.53. The zero-order valence-corrected chi connectivity index (χ0v) is 17.0. The molecule has 4 rings (SSSR count). The van der Waals surface area contributed by atoms with Gasteiger partial charge in [-0.2, -0.15) is 4.98 Å². The molecule has 1 aromatic heterocycles. The first kappa shape index (κ1) is 19.6. The van der Waals surface area contributed by atoms with Crippen LogP contribution < -0.4 is 4.74 Å². The molecule has 152 valence electrons. The molecular formula is C21H21FN2O4S. The monoisotopic (exact) mass is 416 g/mol. The van der Waals surface area contributed by atoms with Crippen molar-refractivity contribution in [3.05, 3.63) is 71.1 Å². The van der Waals surface area contributed by atoms with Crippen molar-refractivity contribution in [1.29, 1.82) is 0 Å². The number of halogens is 1. The molecular weight excluding hydrogens is 395 g/mol. The Morgan fingerprint density at radius 2 is 1.83 bits per heavy atom. The molecule has 0 bridgehead atoms. The third kappa shape index (κ3) is 4.17. The Morgan fingerprint density at radius 3 is 2.45 bits per heavy atom. The predicted molar refractivity (Wildman–Crippen MR) is 104 cm³/mol. The third-order valence-corrected chi connectivity index (χ3v) is 6.36. The van der Waals surface area contributed by atoms with Gasteiger partial charge in [0.1, 0.15) is 16.5 Å². The Bertz CT molecular complexity index is 1140. The van der Waals surface area contributed by atoms with Gasteiger partial charge in [-0.1, -0.05) is 23.4 Å². The van der Waals surface area contributed by atoms with E-state index in [4.69, 9.17) is 9.26 Å². The smallest absolute Gasteiger partial charge is 0.233 e. The quantitative estimate of drug-likeness (QED) is 0.586. The average Bonchev–Trinajstić information content (AvgIpc) is 3.31. The molecule has 1 aliphatic carbocycles. The van der Waals surface area contributed by atoms with Crippen LogP contribution in [0.25, 0.3) is 0 Å². The summed E-state index contributed by atoms with van der Waals surface area (Å²) in [5.41, 5.74) is 1.68. The van der Waals surface area contributed by atoms with Gasteiger partial charge >= 0.3 is 0 Å². The lowest BCUT2D eigenvalue weighted by molar-refractivity contribution is 0.340. The van der Waals surface area contributed by atoms with Crippen LogP contribution in [0.2, 0.25) is 0 Å². The molecule has 0 radical (unpaired) electrons. The molecule has 6 nitrogen and oxygen atoms in total. The molecule has 1 fully saturated rings. The van der Waals surface area contributed by atoms with Gasteiger partial charge in [0.15, 0.2) is 15.7 Å². The zero-order chi connectivity index (χ0) is 20.6. The number of methoxy groups -OCH3 is 1. The van der Waals surface area contributed by atoms with Crippen LogP contribution in [0, 0.1) is 5.82 Å². The van der Waals surface area contributed by atoms with Crippen molar-refractivity contribution >= 4 is 9.84 Å². The fourth-order valence-electron chi connectivity index (χ4n) is 3.46. The summed E-state index contributed by atoms with van der Waals surface area (Å²) in [6.45, 7) is 0. The lowest BCUT2D eigenvalue weighted by Gasteiger charge is -2.10. The second-order valence-corrected chi connectivity index (χ2v) is 9.52. The van der Waals surface area contributed by atoms with E-state index in [-0.39, 0.29) is 16.1 Å². The SMILES string of the molecule is COc1cc(Cc2noc(C3(Cc4ccc(F)cc4)CC3)n2)ccc1S(C)(=O)=O. The van der Waals surface area contributed by atoms with Crippen molar-refractivity contribution in [2.45, 2.75) is 36.0 Å². The lowest BCUT2D eigenvalue weighted by Crippen LogP contribution is -2.11. The fraction of sp³-hybridized carbons (Fsp3) is 0.333. The van der Waals surface area contributed by atoms with E-state index in [9.17, 15) is 12.8 Å². The van der Waals surface area contributed by atoms with Crippen molar-refractivity contribution in [1.82, 2.24) is 10.1 Å². The summed E-state index contributed by atoms with van der Waals surface area (Å²) >= 11 is 0. The van der Waals surface area contributed by atoms with Crippen molar-refractivity contribution in [2.24, 2.45) is 0 Å². The fourth-order valence-corrected chi connectivity index (χ4v) is 4.29. The van der Waals surface area contributed by atoms with E-state index in [1.54, 1.807) is 24.3 Å². The van der Waals surface area contributed by atoms with Crippen LogP contribution in [0.15, 0.2) is 51.9 Å². The summed E-state index contributed by atoms with van der Waals surface area (Å²) in [7, 11) is -1.94. The molecule has 1 saturated carbocycles. The molecule has 0 N–H and O–H groups in total. The zero-order valence-electron chi connectivity index (χ0n) is 16.2. The maximum absolute atomic E-state index is 13.1. The molecule has 29 heavy (non-hydrogen) atoms. The topological polar surface area (TPSA) is 82.3 Å². The number of benzene rings is 2. The standard InChI is InChI=1S/C21H21FN2O4S/c1-27-17-11-15(5-8-18(17)29(2,25)26)12-19-23-20(28-24-19)21(9-10-21)13-14-3-6-16(22)7-4-14/h3-8,11H,9-10,12-13H2,1-2H3. The van der Waals surface area contributed by atoms with Gasteiger partial charge in [0.2, 0.25) is 5.89 Å². The van der Waals surface area contributed by atoms with E-state index in [1.165, 1.54) is 25.3 Å². The van der Waals surface area contributed by atoms with Gasteiger partial charge in [-0.05, 0) is 54.7 Å². The van der Waals surface area contributed by atoms with Crippen molar-refractivity contribution < 1.29 is 22.1 Å². The molecule has 2 aromatic carbocycles. The average molecular weight is 416 g/mol. The van der Waals surface area contributed by atoms with Crippen LogP contribution in [-0.4, -0.2) is 31.9 Å². The van der Waals surface area contributed by atoms with Crippen LogP contribution in [0.5, 0.6) is 5.75 Å². The Balaban J connectivity index is 1.52. The minimum Gasteiger partial charge on any atom is -0.495 e. The van der Waals surface area contributed by atoms with Crippen LogP contribution in [0.1, 0.15) is 35.7 Å². The summed E-state index contributed by atoms with van der Waals surface area (Å²) in [6, 6.07) is 11.4.